The quantitative estimate of drug-likeness (QED) is 0.205. The standard InChI is InChI=1S/C35H28N3OPSi/c1-41(2)31-21-13-12-20-29(31)40(39,28-18-10-5-11-19-28)30-24-27(22-23-32(30)41)35-37-33(25-14-6-3-7-15-25)36-34(38-35)26-16-8-4-9-17-26/h3-24H,1-2H3. The molecule has 0 spiro atoms. The lowest BCUT2D eigenvalue weighted by atomic mass is 10.1. The molecule has 0 aliphatic carbocycles. The number of aromatic nitrogens is 3. The molecular weight excluding hydrogens is 537 g/mol. The van der Waals surface area contributed by atoms with Crippen LogP contribution in [0.4, 0.5) is 0 Å². The van der Waals surface area contributed by atoms with E-state index in [-0.39, 0.29) is 0 Å². The van der Waals surface area contributed by atoms with Gasteiger partial charge in [0.05, 0.1) is 0 Å². The summed E-state index contributed by atoms with van der Waals surface area (Å²) >= 11 is 0. The van der Waals surface area contributed by atoms with Gasteiger partial charge in [-0.1, -0.05) is 140 Å². The molecule has 0 saturated heterocycles. The van der Waals surface area contributed by atoms with Crippen LogP contribution in [0.15, 0.2) is 133 Å². The van der Waals surface area contributed by atoms with Crippen molar-refractivity contribution >= 4 is 41.5 Å². The average molecular weight is 566 g/mol. The normalized spacial score (nSPS) is 16.9. The van der Waals surface area contributed by atoms with E-state index in [2.05, 4.69) is 49.5 Å². The first-order chi connectivity index (χ1) is 20.0. The highest BCUT2D eigenvalue weighted by atomic mass is 31.2. The molecule has 1 unspecified atom stereocenters. The Morgan fingerprint density at radius 1 is 0.488 bits per heavy atom. The molecule has 1 aliphatic heterocycles. The zero-order chi connectivity index (χ0) is 28.0. The first-order valence-electron chi connectivity index (χ1n) is 13.7. The van der Waals surface area contributed by atoms with Crippen molar-refractivity contribution in [3.63, 3.8) is 0 Å². The van der Waals surface area contributed by atoms with Gasteiger partial charge in [-0.25, -0.2) is 15.0 Å². The Kier molecular flexibility index (Phi) is 6.15. The molecule has 1 aliphatic rings. The monoisotopic (exact) mass is 565 g/mol. The van der Waals surface area contributed by atoms with Crippen molar-refractivity contribution in [2.45, 2.75) is 13.1 Å². The molecule has 6 heteroatoms. The maximum atomic E-state index is 15.5. The van der Waals surface area contributed by atoms with E-state index < -0.39 is 15.2 Å². The highest BCUT2D eigenvalue weighted by Gasteiger charge is 2.45. The summed E-state index contributed by atoms with van der Waals surface area (Å²) in [5, 5.41) is 5.15. The van der Waals surface area contributed by atoms with Crippen molar-refractivity contribution in [1.29, 1.82) is 0 Å². The Balaban J connectivity index is 1.49. The van der Waals surface area contributed by atoms with Crippen molar-refractivity contribution in [3.05, 3.63) is 133 Å². The van der Waals surface area contributed by atoms with Crippen molar-refractivity contribution in [1.82, 2.24) is 15.0 Å². The van der Waals surface area contributed by atoms with Crippen LogP contribution >= 0.6 is 7.14 Å². The predicted octanol–water partition coefficient (Wildman–Crippen LogP) is 5.65. The third-order valence-corrected chi connectivity index (χ3v) is 15.1. The first-order valence-corrected chi connectivity index (χ1v) is 18.4. The largest absolute Gasteiger partial charge is 0.309 e. The maximum Gasteiger partial charge on any atom is 0.170 e. The number of fused-ring (bicyclic) bond motifs is 2. The van der Waals surface area contributed by atoms with Crippen LogP contribution in [0.1, 0.15) is 0 Å². The Morgan fingerprint density at radius 3 is 1.54 bits per heavy atom. The number of hydrogen-bond donors (Lipinski definition) is 0. The highest BCUT2D eigenvalue weighted by Crippen LogP contribution is 2.44. The van der Waals surface area contributed by atoms with Gasteiger partial charge < -0.3 is 4.57 Å². The fourth-order valence-electron chi connectivity index (χ4n) is 5.87. The van der Waals surface area contributed by atoms with E-state index in [9.17, 15) is 0 Å². The van der Waals surface area contributed by atoms with E-state index in [1.54, 1.807) is 0 Å². The highest BCUT2D eigenvalue weighted by molar-refractivity contribution is 7.86. The van der Waals surface area contributed by atoms with Gasteiger partial charge >= 0.3 is 0 Å². The van der Waals surface area contributed by atoms with Crippen LogP contribution < -0.4 is 26.3 Å². The zero-order valence-electron chi connectivity index (χ0n) is 22.9. The van der Waals surface area contributed by atoms with Crippen molar-refractivity contribution in [3.8, 4) is 34.2 Å². The molecule has 6 aromatic rings. The molecule has 0 N–H and O–H groups in total. The molecule has 5 aromatic carbocycles. The maximum absolute atomic E-state index is 15.5. The van der Waals surface area contributed by atoms with Gasteiger partial charge in [-0.05, 0) is 16.4 Å². The van der Waals surface area contributed by atoms with Gasteiger partial charge in [0, 0.05) is 32.6 Å². The summed E-state index contributed by atoms with van der Waals surface area (Å²) < 4.78 is 15.5. The second-order valence-corrected chi connectivity index (χ2v) is 17.9. The lowest BCUT2D eigenvalue weighted by molar-refractivity contribution is 0.592. The third-order valence-electron chi connectivity index (χ3n) is 8.00. The van der Waals surface area contributed by atoms with Crippen molar-refractivity contribution < 1.29 is 4.57 Å². The molecule has 0 saturated carbocycles. The summed E-state index contributed by atoms with van der Waals surface area (Å²) in [6.07, 6.45) is 0. The fourth-order valence-corrected chi connectivity index (χ4v) is 14.1. The molecule has 0 amide bonds. The van der Waals surface area contributed by atoms with Gasteiger partial charge in [0.15, 0.2) is 24.6 Å². The number of nitrogens with zero attached hydrogens (tertiary/aromatic N) is 3. The van der Waals surface area contributed by atoms with E-state index in [1.165, 1.54) is 10.4 Å². The van der Waals surface area contributed by atoms with Gasteiger partial charge in [-0.2, -0.15) is 0 Å². The second kappa shape index (κ2) is 9.88. The molecule has 7 rings (SSSR count). The lowest BCUT2D eigenvalue weighted by Crippen LogP contribution is -2.67. The number of rotatable bonds is 4. The molecule has 0 fully saturated rings. The van der Waals surface area contributed by atoms with Gasteiger partial charge in [0.25, 0.3) is 0 Å². The molecule has 4 nitrogen and oxygen atoms in total. The van der Waals surface area contributed by atoms with Crippen LogP contribution in [0.3, 0.4) is 0 Å². The van der Waals surface area contributed by atoms with Gasteiger partial charge in [0.1, 0.15) is 8.07 Å². The first kappa shape index (κ1) is 25.5. The Labute approximate surface area is 241 Å². The summed E-state index contributed by atoms with van der Waals surface area (Å²) in [7, 11) is -5.28. The molecule has 2 heterocycles. The summed E-state index contributed by atoms with van der Waals surface area (Å²) in [4.78, 5) is 14.7. The SMILES string of the molecule is C[Si]1(C)c2ccccc2P(=O)(c2ccccc2)c2cc(-c3nc(-c4ccccc4)nc(-c4ccccc4)n3)ccc21. The Bertz CT molecular complexity index is 1890. The smallest absolute Gasteiger partial charge is 0.170 e. The summed E-state index contributed by atoms with van der Waals surface area (Å²) in [6.45, 7) is 4.70. The van der Waals surface area contributed by atoms with E-state index in [0.29, 0.717) is 17.5 Å². The topological polar surface area (TPSA) is 55.7 Å². The molecule has 0 radical (unpaired) electrons. The van der Waals surface area contributed by atoms with Crippen LogP contribution in [0.5, 0.6) is 0 Å². The number of benzene rings is 5. The summed E-state index contributed by atoms with van der Waals surface area (Å²) in [6, 6.07) is 44.6. The summed E-state index contributed by atoms with van der Waals surface area (Å²) in [5.41, 5.74) is 2.67. The van der Waals surface area contributed by atoms with Crippen LogP contribution in [0.2, 0.25) is 13.1 Å². The third kappa shape index (κ3) is 4.21. The minimum Gasteiger partial charge on any atom is -0.309 e. The minimum atomic E-state index is -3.15. The van der Waals surface area contributed by atoms with Gasteiger partial charge in [-0.3, -0.25) is 0 Å². The van der Waals surface area contributed by atoms with E-state index >= 15 is 4.57 Å². The van der Waals surface area contributed by atoms with Crippen LogP contribution in [0, 0.1) is 0 Å². The zero-order valence-corrected chi connectivity index (χ0v) is 24.8. The summed E-state index contributed by atoms with van der Waals surface area (Å²) in [5.74, 6) is 1.79. The van der Waals surface area contributed by atoms with Crippen molar-refractivity contribution in [2.75, 3.05) is 0 Å². The molecular formula is C35H28N3OPSi. The fraction of sp³-hybridized carbons (Fsp3) is 0.0571. The Morgan fingerprint density at radius 2 is 0.951 bits per heavy atom. The van der Waals surface area contributed by atoms with Crippen LogP contribution in [-0.4, -0.2) is 23.0 Å². The number of hydrogen-bond acceptors (Lipinski definition) is 4. The Hall–Kier alpha value is -4.44. The molecule has 1 aromatic heterocycles. The van der Waals surface area contributed by atoms with Gasteiger partial charge in [-0.15, -0.1) is 0 Å². The lowest BCUT2D eigenvalue weighted by Gasteiger charge is -2.38. The van der Waals surface area contributed by atoms with Crippen LogP contribution in [0.25, 0.3) is 34.2 Å². The molecule has 1 atom stereocenters. The molecule has 198 valence electrons. The van der Waals surface area contributed by atoms with E-state index in [4.69, 9.17) is 15.0 Å². The van der Waals surface area contributed by atoms with Crippen molar-refractivity contribution in [2.24, 2.45) is 0 Å². The molecule has 0 bridgehead atoms. The second-order valence-electron chi connectivity index (χ2n) is 10.9. The predicted molar refractivity (Wildman–Crippen MR) is 172 cm³/mol. The van der Waals surface area contributed by atoms with E-state index in [1.807, 2.05) is 97.1 Å². The van der Waals surface area contributed by atoms with E-state index in [0.717, 1.165) is 32.6 Å². The minimum absolute atomic E-state index is 0.568. The van der Waals surface area contributed by atoms with Crippen LogP contribution in [-0.2, 0) is 4.57 Å². The average Bonchev–Trinajstić information content (AvgIpc) is 3.04. The van der Waals surface area contributed by atoms with Gasteiger partial charge in [0.2, 0.25) is 0 Å². The molecule has 41 heavy (non-hydrogen) atoms.